The average molecular weight is 451 g/mol. The molecule has 1 unspecified atom stereocenters. The number of aryl methyl sites for hydroxylation is 2. The Labute approximate surface area is 147 Å². The standard InChI is InChI=1S/C14H11Br2ClN2OS/c1-18-9-4-3-7(5-10(9)19(2)14(18)20)12(17)8-6-11(15)21-13(8)16/h3-6,12H,1-2H3. The molecule has 110 valence electrons. The van der Waals surface area contributed by atoms with Crippen LogP contribution in [0.5, 0.6) is 0 Å². The Bertz CT molecular complexity index is 896. The van der Waals surface area contributed by atoms with Crippen LogP contribution in [0.15, 0.2) is 36.6 Å². The van der Waals surface area contributed by atoms with Gasteiger partial charge in [-0.15, -0.1) is 22.9 Å². The Morgan fingerprint density at radius 2 is 1.81 bits per heavy atom. The van der Waals surface area contributed by atoms with Crippen molar-refractivity contribution >= 4 is 65.8 Å². The van der Waals surface area contributed by atoms with Crippen LogP contribution in [0.2, 0.25) is 0 Å². The molecule has 7 heteroatoms. The van der Waals surface area contributed by atoms with Gasteiger partial charge < -0.3 is 0 Å². The molecule has 2 heterocycles. The van der Waals surface area contributed by atoms with Crippen molar-refractivity contribution in [1.82, 2.24) is 9.13 Å². The minimum atomic E-state index is -0.262. The van der Waals surface area contributed by atoms with Gasteiger partial charge in [0.05, 0.1) is 24.0 Å². The lowest BCUT2D eigenvalue weighted by atomic mass is 10.1. The first-order valence-electron chi connectivity index (χ1n) is 6.14. The number of imidazole rings is 1. The van der Waals surface area contributed by atoms with Crippen LogP contribution in [0.4, 0.5) is 0 Å². The average Bonchev–Trinajstić information content (AvgIpc) is 2.91. The topological polar surface area (TPSA) is 26.9 Å². The molecule has 0 saturated carbocycles. The van der Waals surface area contributed by atoms with Crippen LogP contribution >= 0.6 is 54.8 Å². The summed E-state index contributed by atoms with van der Waals surface area (Å²) in [4.78, 5) is 12.0. The molecular formula is C14H11Br2ClN2OS. The monoisotopic (exact) mass is 448 g/mol. The molecule has 0 amide bonds. The van der Waals surface area contributed by atoms with E-state index in [1.807, 2.05) is 24.3 Å². The maximum Gasteiger partial charge on any atom is 0.328 e. The van der Waals surface area contributed by atoms with Crippen molar-refractivity contribution in [3.05, 3.63) is 53.4 Å². The third-order valence-corrected chi connectivity index (χ3v) is 6.42. The van der Waals surface area contributed by atoms with Crippen molar-refractivity contribution in [2.45, 2.75) is 5.38 Å². The summed E-state index contributed by atoms with van der Waals surface area (Å²) in [6.07, 6.45) is 0. The zero-order chi connectivity index (χ0) is 15.3. The van der Waals surface area contributed by atoms with Crippen molar-refractivity contribution in [2.24, 2.45) is 14.1 Å². The third-order valence-electron chi connectivity index (χ3n) is 3.54. The van der Waals surface area contributed by atoms with Crippen LogP contribution in [0.3, 0.4) is 0 Å². The molecule has 2 aromatic heterocycles. The van der Waals surface area contributed by atoms with Crippen LogP contribution in [-0.2, 0) is 14.1 Å². The highest BCUT2D eigenvalue weighted by atomic mass is 79.9. The minimum absolute atomic E-state index is 0.0345. The molecule has 0 aliphatic carbocycles. The fourth-order valence-corrected chi connectivity index (χ4v) is 5.79. The van der Waals surface area contributed by atoms with E-state index in [2.05, 4.69) is 31.9 Å². The molecular weight excluding hydrogens is 439 g/mol. The molecule has 0 bridgehead atoms. The summed E-state index contributed by atoms with van der Waals surface area (Å²) in [5.74, 6) is 0. The highest BCUT2D eigenvalue weighted by molar-refractivity contribution is 9.12. The molecule has 0 radical (unpaired) electrons. The number of fused-ring (bicyclic) bond motifs is 1. The number of aromatic nitrogens is 2. The number of nitrogens with zero attached hydrogens (tertiary/aromatic N) is 2. The van der Waals surface area contributed by atoms with Gasteiger partial charge in [-0.2, -0.15) is 0 Å². The summed E-state index contributed by atoms with van der Waals surface area (Å²) in [6, 6.07) is 7.90. The summed E-state index contributed by atoms with van der Waals surface area (Å²) in [6.45, 7) is 0. The van der Waals surface area contributed by atoms with Gasteiger partial charge in [-0.25, -0.2) is 4.79 Å². The summed E-state index contributed by atoms with van der Waals surface area (Å²) >= 11 is 15.2. The molecule has 3 rings (SSSR count). The molecule has 1 atom stereocenters. The fourth-order valence-electron chi connectivity index (χ4n) is 2.39. The normalized spacial score (nSPS) is 13.0. The summed E-state index contributed by atoms with van der Waals surface area (Å²) in [5, 5.41) is -0.262. The maximum atomic E-state index is 12.0. The number of thiophene rings is 1. The van der Waals surface area contributed by atoms with Gasteiger partial charge in [-0.3, -0.25) is 9.13 Å². The SMILES string of the molecule is Cn1c(=O)n(C)c2cc(C(Cl)c3cc(Br)sc3Br)ccc21. The van der Waals surface area contributed by atoms with Crippen molar-refractivity contribution in [2.75, 3.05) is 0 Å². The Balaban J connectivity index is 2.15. The number of hydrogen-bond acceptors (Lipinski definition) is 2. The number of halogens is 3. The Hall–Kier alpha value is -0.560. The number of hydrogen-bond donors (Lipinski definition) is 0. The van der Waals surface area contributed by atoms with Crippen molar-refractivity contribution in [3.63, 3.8) is 0 Å². The molecule has 21 heavy (non-hydrogen) atoms. The van der Waals surface area contributed by atoms with Gasteiger partial charge in [-0.1, -0.05) is 6.07 Å². The molecule has 0 saturated heterocycles. The van der Waals surface area contributed by atoms with Crippen molar-refractivity contribution in [3.8, 4) is 0 Å². The van der Waals surface area contributed by atoms with Gasteiger partial charge in [0.1, 0.15) is 0 Å². The molecule has 0 aliphatic rings. The van der Waals surface area contributed by atoms with Gasteiger partial charge in [0.15, 0.2) is 0 Å². The smallest absolute Gasteiger partial charge is 0.295 e. The van der Waals surface area contributed by atoms with E-state index < -0.39 is 0 Å². The van der Waals surface area contributed by atoms with Crippen molar-refractivity contribution < 1.29 is 0 Å². The molecule has 0 spiro atoms. The van der Waals surface area contributed by atoms with E-state index in [1.54, 1.807) is 34.6 Å². The van der Waals surface area contributed by atoms with Crippen LogP contribution < -0.4 is 5.69 Å². The summed E-state index contributed by atoms with van der Waals surface area (Å²) in [7, 11) is 3.55. The third kappa shape index (κ3) is 2.52. The number of alkyl halides is 1. The van der Waals surface area contributed by atoms with E-state index >= 15 is 0 Å². The first-order valence-corrected chi connectivity index (χ1v) is 8.98. The molecule has 0 fully saturated rings. The second-order valence-electron chi connectivity index (χ2n) is 4.79. The Kier molecular flexibility index (Phi) is 4.07. The quantitative estimate of drug-likeness (QED) is 0.516. The van der Waals surface area contributed by atoms with Gasteiger partial charge in [0.2, 0.25) is 0 Å². The highest BCUT2D eigenvalue weighted by Gasteiger charge is 2.18. The summed E-state index contributed by atoms with van der Waals surface area (Å²) < 4.78 is 5.32. The van der Waals surface area contributed by atoms with Gasteiger partial charge in [0, 0.05) is 19.7 Å². The Morgan fingerprint density at radius 1 is 1.14 bits per heavy atom. The molecule has 0 N–H and O–H groups in total. The second-order valence-corrected chi connectivity index (χ2v) is 8.98. The van der Waals surface area contributed by atoms with E-state index in [1.165, 1.54) is 0 Å². The number of benzene rings is 1. The largest absolute Gasteiger partial charge is 0.328 e. The first kappa shape index (κ1) is 15.3. The van der Waals surface area contributed by atoms with E-state index in [4.69, 9.17) is 11.6 Å². The van der Waals surface area contributed by atoms with E-state index in [9.17, 15) is 4.79 Å². The second kappa shape index (κ2) is 5.57. The van der Waals surface area contributed by atoms with Crippen LogP contribution in [0.25, 0.3) is 11.0 Å². The van der Waals surface area contributed by atoms with Gasteiger partial charge in [0.25, 0.3) is 0 Å². The molecule has 1 aromatic carbocycles. The van der Waals surface area contributed by atoms with Crippen LogP contribution in [0.1, 0.15) is 16.5 Å². The lowest BCUT2D eigenvalue weighted by Gasteiger charge is -2.10. The van der Waals surface area contributed by atoms with E-state index in [0.717, 1.165) is 29.7 Å². The first-order chi connectivity index (χ1) is 9.90. The van der Waals surface area contributed by atoms with E-state index in [-0.39, 0.29) is 11.1 Å². The minimum Gasteiger partial charge on any atom is -0.295 e. The molecule has 0 aliphatic heterocycles. The summed E-state index contributed by atoms with van der Waals surface area (Å²) in [5.41, 5.74) is 3.75. The zero-order valence-electron chi connectivity index (χ0n) is 11.2. The van der Waals surface area contributed by atoms with Gasteiger partial charge in [-0.05, 0) is 55.6 Å². The highest BCUT2D eigenvalue weighted by Crippen LogP contribution is 2.41. The van der Waals surface area contributed by atoms with Crippen LogP contribution in [0, 0.1) is 0 Å². The van der Waals surface area contributed by atoms with Gasteiger partial charge >= 0.3 is 5.69 Å². The molecule has 3 aromatic rings. The maximum absolute atomic E-state index is 12.0. The lowest BCUT2D eigenvalue weighted by Crippen LogP contribution is -2.19. The number of rotatable bonds is 2. The predicted molar refractivity (Wildman–Crippen MR) is 95.6 cm³/mol. The zero-order valence-corrected chi connectivity index (χ0v) is 16.0. The fraction of sp³-hybridized carbons (Fsp3) is 0.214. The Morgan fingerprint density at radius 3 is 2.43 bits per heavy atom. The lowest BCUT2D eigenvalue weighted by molar-refractivity contribution is 0.795. The van der Waals surface area contributed by atoms with Crippen molar-refractivity contribution in [1.29, 1.82) is 0 Å². The van der Waals surface area contributed by atoms with Crippen LogP contribution in [-0.4, -0.2) is 9.13 Å². The predicted octanol–water partition coefficient (Wildman–Crippen LogP) is 4.79. The van der Waals surface area contributed by atoms with E-state index in [0.29, 0.717) is 0 Å². The molecule has 3 nitrogen and oxygen atoms in total.